The number of hydrogen-bond acceptors (Lipinski definition) is 7. The van der Waals surface area contributed by atoms with Gasteiger partial charge < -0.3 is 30.3 Å². The molecule has 0 aliphatic carbocycles. The van der Waals surface area contributed by atoms with E-state index in [9.17, 15) is 10.1 Å². The van der Waals surface area contributed by atoms with Crippen molar-refractivity contribution in [1.82, 2.24) is 10.2 Å². The molecule has 0 saturated carbocycles. The summed E-state index contributed by atoms with van der Waals surface area (Å²) in [5.74, 6) is 0.838. The third kappa shape index (κ3) is 9.54. The lowest BCUT2D eigenvalue weighted by molar-refractivity contribution is -0.118. The zero-order chi connectivity index (χ0) is 34.8. The van der Waals surface area contributed by atoms with E-state index in [0.717, 1.165) is 49.2 Å². The molecule has 1 amide bonds. The van der Waals surface area contributed by atoms with Crippen molar-refractivity contribution in [2.45, 2.75) is 52.4 Å². The number of carbonyl (C=O) groups is 1. The Kier molecular flexibility index (Phi) is 12.6. The van der Waals surface area contributed by atoms with E-state index >= 15 is 0 Å². The van der Waals surface area contributed by atoms with Crippen LogP contribution < -0.4 is 25.4 Å². The molecule has 1 aliphatic rings. The van der Waals surface area contributed by atoms with Gasteiger partial charge in [0, 0.05) is 43.4 Å². The van der Waals surface area contributed by atoms with Crippen LogP contribution in [0.4, 0.5) is 5.69 Å². The highest BCUT2D eigenvalue weighted by atomic mass is 35.5. The Morgan fingerprint density at radius 3 is 2.55 bits per heavy atom. The first-order valence-electron chi connectivity index (χ1n) is 16.9. The van der Waals surface area contributed by atoms with Gasteiger partial charge in [-0.2, -0.15) is 5.26 Å². The van der Waals surface area contributed by atoms with Crippen LogP contribution in [0.2, 0.25) is 5.02 Å². The van der Waals surface area contributed by atoms with Crippen molar-refractivity contribution in [3.8, 4) is 28.7 Å². The summed E-state index contributed by atoms with van der Waals surface area (Å²) in [7, 11) is 4.25. The van der Waals surface area contributed by atoms with Crippen LogP contribution in [0.15, 0.2) is 72.8 Å². The van der Waals surface area contributed by atoms with E-state index in [0.29, 0.717) is 54.6 Å². The molecule has 5 rings (SSSR count). The number of amides is 1. The molecule has 0 radical (unpaired) electrons. The van der Waals surface area contributed by atoms with E-state index in [1.165, 1.54) is 27.9 Å². The van der Waals surface area contributed by atoms with Crippen LogP contribution in [0.5, 0.6) is 11.5 Å². The molecule has 49 heavy (non-hydrogen) atoms. The molecular weight excluding hydrogens is 634 g/mol. The van der Waals surface area contributed by atoms with E-state index in [1.807, 2.05) is 30.3 Å². The Hall–Kier alpha value is -4.55. The summed E-state index contributed by atoms with van der Waals surface area (Å²) in [6, 6.07) is 26.3. The average molecular weight is 680 g/mol. The van der Waals surface area contributed by atoms with Crippen molar-refractivity contribution < 1.29 is 14.3 Å². The average Bonchev–Trinajstić information content (AvgIpc) is 3.50. The number of ether oxygens (including phenoxy) is 2. The highest BCUT2D eigenvalue weighted by molar-refractivity contribution is 6.32. The van der Waals surface area contributed by atoms with Crippen molar-refractivity contribution in [1.29, 1.82) is 5.26 Å². The molecule has 4 aromatic carbocycles. The summed E-state index contributed by atoms with van der Waals surface area (Å²) >= 11 is 6.79. The molecule has 0 fully saturated rings. The van der Waals surface area contributed by atoms with Crippen molar-refractivity contribution in [3.63, 3.8) is 0 Å². The zero-order valence-corrected chi connectivity index (χ0v) is 29.5. The summed E-state index contributed by atoms with van der Waals surface area (Å²) in [4.78, 5) is 15.9. The van der Waals surface area contributed by atoms with Gasteiger partial charge in [0.1, 0.15) is 24.7 Å². The highest BCUT2D eigenvalue weighted by Crippen LogP contribution is 2.39. The number of benzene rings is 4. The maximum Gasteiger partial charge on any atom is 0.217 e. The highest BCUT2D eigenvalue weighted by Gasteiger charge is 2.23. The van der Waals surface area contributed by atoms with E-state index < -0.39 is 0 Å². The van der Waals surface area contributed by atoms with Crippen molar-refractivity contribution in [2.75, 3.05) is 45.2 Å². The predicted octanol–water partition coefficient (Wildman–Crippen LogP) is 7.01. The quantitative estimate of drug-likeness (QED) is 0.116. The van der Waals surface area contributed by atoms with Crippen LogP contribution in [0.3, 0.4) is 0 Å². The summed E-state index contributed by atoms with van der Waals surface area (Å²) in [5, 5.41) is 13.2. The van der Waals surface area contributed by atoms with Gasteiger partial charge in [0.2, 0.25) is 5.91 Å². The Balaban J connectivity index is 1.33. The molecule has 256 valence electrons. The van der Waals surface area contributed by atoms with Gasteiger partial charge in [-0.3, -0.25) is 4.79 Å². The summed E-state index contributed by atoms with van der Waals surface area (Å²) < 4.78 is 12.7. The van der Waals surface area contributed by atoms with Gasteiger partial charge >= 0.3 is 0 Å². The number of fused-ring (bicyclic) bond motifs is 1. The Morgan fingerprint density at radius 1 is 0.980 bits per heavy atom. The number of primary amides is 1. The van der Waals surface area contributed by atoms with Crippen molar-refractivity contribution in [3.05, 3.63) is 111 Å². The maximum atomic E-state index is 11.1. The second-order valence-corrected chi connectivity index (χ2v) is 13.2. The number of nitrogens with zero attached hydrogens (tertiary/aromatic N) is 3. The minimum absolute atomic E-state index is 0.279. The lowest BCUT2D eigenvalue weighted by atomic mass is 9.92. The van der Waals surface area contributed by atoms with E-state index in [4.69, 9.17) is 26.8 Å². The van der Waals surface area contributed by atoms with Crippen LogP contribution in [0.25, 0.3) is 11.1 Å². The summed E-state index contributed by atoms with van der Waals surface area (Å²) in [6.07, 6.45) is 3.14. The second-order valence-electron chi connectivity index (χ2n) is 12.8. The zero-order valence-electron chi connectivity index (χ0n) is 28.7. The minimum Gasteiger partial charge on any atom is -0.488 e. The van der Waals surface area contributed by atoms with Crippen LogP contribution in [0.1, 0.15) is 52.6 Å². The largest absolute Gasteiger partial charge is 0.488 e. The van der Waals surface area contributed by atoms with Gasteiger partial charge in [0.15, 0.2) is 0 Å². The smallest absolute Gasteiger partial charge is 0.217 e. The lowest BCUT2D eigenvalue weighted by Crippen LogP contribution is -2.25. The predicted molar refractivity (Wildman–Crippen MR) is 197 cm³/mol. The first-order valence-corrected chi connectivity index (χ1v) is 17.3. The molecule has 0 aromatic heterocycles. The number of rotatable bonds is 17. The van der Waals surface area contributed by atoms with E-state index in [2.05, 4.69) is 78.6 Å². The molecule has 3 N–H and O–H groups in total. The van der Waals surface area contributed by atoms with Crippen LogP contribution in [-0.2, 0) is 31.0 Å². The van der Waals surface area contributed by atoms with Gasteiger partial charge in [-0.1, -0.05) is 54.1 Å². The molecule has 0 spiro atoms. The number of halogens is 1. The molecule has 0 unspecified atom stereocenters. The van der Waals surface area contributed by atoms with Gasteiger partial charge in [-0.05, 0) is 111 Å². The molecule has 0 atom stereocenters. The van der Waals surface area contributed by atoms with Crippen molar-refractivity contribution >= 4 is 23.2 Å². The van der Waals surface area contributed by atoms with Crippen molar-refractivity contribution in [2.24, 2.45) is 5.73 Å². The second kappa shape index (κ2) is 17.2. The fourth-order valence-electron chi connectivity index (χ4n) is 6.31. The molecule has 0 saturated heterocycles. The number of nitrogens with one attached hydrogen (secondary N) is 1. The monoisotopic (exact) mass is 679 g/mol. The molecule has 0 bridgehead atoms. The third-order valence-corrected chi connectivity index (χ3v) is 9.23. The summed E-state index contributed by atoms with van der Waals surface area (Å²) in [5.41, 5.74) is 15.1. The standard InChI is InChI=1S/C40H46ClN5O3/c1-28-31(11-5-12-33(28)34-13-6-14-37-35(34)16-20-46(37)19-8-18-45(2)3)27-49-39-23-38(48-26-30-10-4-9-29(21-30)24-42)32(22-36(39)41)25-44-17-7-15-40(43)47/h4-6,9-14,21-23,44H,7-8,15-20,25-27H2,1-3H3,(H2,43,47). The number of carbonyl (C=O) groups excluding carboxylic acids is 1. The van der Waals surface area contributed by atoms with E-state index in [1.54, 1.807) is 6.07 Å². The van der Waals surface area contributed by atoms with Crippen LogP contribution in [0, 0.1) is 18.3 Å². The normalized spacial score (nSPS) is 12.2. The topological polar surface area (TPSA) is 104 Å². The van der Waals surface area contributed by atoms with Gasteiger partial charge in [0.05, 0.1) is 16.7 Å². The SMILES string of the molecule is Cc1c(COc2cc(OCc3cccc(C#N)c3)c(CNCCCC(N)=O)cc2Cl)cccc1-c1cccc2c1CCN2CCCN(C)C. The number of anilines is 1. The number of hydrogen-bond donors (Lipinski definition) is 2. The Labute approximate surface area is 295 Å². The van der Waals surface area contributed by atoms with E-state index in [-0.39, 0.29) is 12.5 Å². The molecule has 4 aromatic rings. The molecule has 8 nitrogen and oxygen atoms in total. The maximum absolute atomic E-state index is 11.1. The van der Waals surface area contributed by atoms with Crippen LogP contribution >= 0.6 is 11.6 Å². The molecule has 1 aliphatic heterocycles. The first-order chi connectivity index (χ1) is 23.7. The van der Waals surface area contributed by atoms with Gasteiger partial charge in [-0.25, -0.2) is 0 Å². The number of nitrogens with two attached hydrogens (primary N) is 1. The fourth-order valence-corrected chi connectivity index (χ4v) is 6.55. The molecular formula is C40H46ClN5O3. The minimum atomic E-state index is -0.318. The Bertz CT molecular complexity index is 1800. The van der Waals surface area contributed by atoms with Gasteiger partial charge in [-0.15, -0.1) is 0 Å². The molecule has 1 heterocycles. The van der Waals surface area contributed by atoms with Crippen LogP contribution in [-0.4, -0.2) is 51.1 Å². The van der Waals surface area contributed by atoms with Gasteiger partial charge in [0.25, 0.3) is 0 Å². The fraction of sp³-hybridized carbons (Fsp3) is 0.350. The number of nitriles is 1. The lowest BCUT2D eigenvalue weighted by Gasteiger charge is -2.21. The Morgan fingerprint density at radius 2 is 1.76 bits per heavy atom. The molecule has 9 heteroatoms. The first kappa shape index (κ1) is 35.7. The summed E-state index contributed by atoms with van der Waals surface area (Å²) in [6.45, 7) is 7.09. The third-order valence-electron chi connectivity index (χ3n) is 8.93.